The van der Waals surface area contributed by atoms with Crippen LogP contribution in [0.5, 0.6) is 23.0 Å². The van der Waals surface area contributed by atoms with Gasteiger partial charge in [0.15, 0.2) is 34.7 Å². The average Bonchev–Trinajstić information content (AvgIpc) is 3.49. The van der Waals surface area contributed by atoms with Gasteiger partial charge in [-0.15, -0.1) is 0 Å². The van der Waals surface area contributed by atoms with Crippen molar-refractivity contribution in [1.82, 2.24) is 9.78 Å². The summed E-state index contributed by atoms with van der Waals surface area (Å²) in [4.78, 5) is 12.8. The van der Waals surface area contributed by atoms with E-state index in [0.717, 1.165) is 4.68 Å². The summed E-state index contributed by atoms with van der Waals surface area (Å²) in [6.07, 6.45) is -4.89. The van der Waals surface area contributed by atoms with Gasteiger partial charge in [-0.3, -0.25) is 4.79 Å². The van der Waals surface area contributed by atoms with Crippen LogP contribution >= 0.6 is 0 Å². The van der Waals surface area contributed by atoms with Gasteiger partial charge in [0.05, 0.1) is 20.3 Å². The first kappa shape index (κ1) is 22.7. The van der Waals surface area contributed by atoms with Crippen LogP contribution in [0.25, 0.3) is 0 Å². The van der Waals surface area contributed by atoms with E-state index in [9.17, 15) is 18.0 Å². The lowest BCUT2D eigenvalue weighted by Gasteiger charge is -2.33. The Kier molecular flexibility index (Phi) is 5.58. The SMILES string of the molecule is COc1ccc(NC(=O)c2cc3n(n2)[C@H](C(F)(F)F)C[C@@H](c2ccc4c(c2)OCO4)N3)cc1OC. The minimum Gasteiger partial charge on any atom is -0.493 e. The smallest absolute Gasteiger partial charge is 0.410 e. The minimum absolute atomic E-state index is 0.0629. The second-order valence-corrected chi connectivity index (χ2v) is 7.99. The van der Waals surface area contributed by atoms with Crippen LogP contribution in [0, 0.1) is 0 Å². The molecule has 0 spiro atoms. The lowest BCUT2D eigenvalue weighted by molar-refractivity contribution is -0.173. The van der Waals surface area contributed by atoms with Gasteiger partial charge >= 0.3 is 6.18 Å². The highest BCUT2D eigenvalue weighted by Crippen LogP contribution is 2.45. The van der Waals surface area contributed by atoms with Gasteiger partial charge in [0.25, 0.3) is 5.91 Å². The maximum Gasteiger partial charge on any atom is 0.410 e. The zero-order chi connectivity index (χ0) is 24.7. The first-order valence-corrected chi connectivity index (χ1v) is 10.6. The molecule has 0 saturated carbocycles. The molecular formula is C23H21F3N4O5. The number of aromatic nitrogens is 2. The fourth-order valence-electron chi connectivity index (χ4n) is 4.14. The number of anilines is 2. The van der Waals surface area contributed by atoms with Crippen LogP contribution in [0.2, 0.25) is 0 Å². The Morgan fingerprint density at radius 1 is 1.09 bits per heavy atom. The molecular weight excluding hydrogens is 469 g/mol. The summed E-state index contributed by atoms with van der Waals surface area (Å²) in [6, 6.07) is 8.44. The molecule has 0 unspecified atom stereocenters. The first-order valence-electron chi connectivity index (χ1n) is 10.6. The zero-order valence-corrected chi connectivity index (χ0v) is 18.7. The molecule has 0 saturated heterocycles. The number of methoxy groups -OCH3 is 2. The highest BCUT2D eigenvalue weighted by Gasteiger charge is 2.47. The van der Waals surface area contributed by atoms with Crippen LogP contribution in [0.15, 0.2) is 42.5 Å². The second-order valence-electron chi connectivity index (χ2n) is 7.99. The molecule has 184 valence electrons. The van der Waals surface area contributed by atoms with Crippen LogP contribution in [0.3, 0.4) is 0 Å². The van der Waals surface area contributed by atoms with Gasteiger partial charge in [-0.25, -0.2) is 4.68 Å². The molecule has 3 aromatic rings. The Balaban J connectivity index is 1.42. The fourth-order valence-corrected chi connectivity index (χ4v) is 4.14. The summed E-state index contributed by atoms with van der Waals surface area (Å²) >= 11 is 0. The molecule has 2 aliphatic rings. The molecule has 1 aromatic heterocycles. The van der Waals surface area contributed by atoms with E-state index in [-0.39, 0.29) is 24.7 Å². The van der Waals surface area contributed by atoms with E-state index in [1.165, 1.54) is 20.3 Å². The Labute approximate surface area is 197 Å². The third kappa shape index (κ3) is 4.27. The number of carbonyl (C=O) groups is 1. The summed E-state index contributed by atoms with van der Waals surface area (Å²) in [7, 11) is 2.93. The predicted octanol–water partition coefficient (Wildman–Crippen LogP) is 4.54. The molecule has 0 fully saturated rings. The number of ether oxygens (including phenoxy) is 4. The topological polar surface area (TPSA) is 95.9 Å². The van der Waals surface area contributed by atoms with Crippen molar-refractivity contribution in [1.29, 1.82) is 0 Å². The lowest BCUT2D eigenvalue weighted by atomic mass is 9.96. The standard InChI is InChI=1S/C23H21F3N4O5/c1-32-16-6-4-13(8-18(16)33-2)27-22(31)15-10-21-28-14(9-20(23(24,25)26)30(21)29-15)12-3-5-17-19(7-12)35-11-34-17/h3-8,10,14,20,28H,9,11H2,1-2H3,(H,27,31)/t14-,20-/m0/s1. The molecule has 1 amide bonds. The van der Waals surface area contributed by atoms with Crippen LogP contribution in [0.1, 0.15) is 34.6 Å². The molecule has 2 atom stereocenters. The number of hydrogen-bond acceptors (Lipinski definition) is 7. The number of nitrogens with zero attached hydrogens (tertiary/aromatic N) is 2. The van der Waals surface area contributed by atoms with E-state index < -0.39 is 24.2 Å². The summed E-state index contributed by atoms with van der Waals surface area (Å²) in [5, 5.41) is 9.67. The number of nitrogens with one attached hydrogen (secondary N) is 2. The third-order valence-corrected chi connectivity index (χ3v) is 5.86. The lowest BCUT2D eigenvalue weighted by Crippen LogP contribution is -2.35. The number of hydrogen-bond donors (Lipinski definition) is 2. The van der Waals surface area contributed by atoms with E-state index in [1.54, 1.807) is 36.4 Å². The van der Waals surface area contributed by atoms with E-state index in [1.807, 2.05) is 0 Å². The van der Waals surface area contributed by atoms with Crippen LogP contribution in [-0.2, 0) is 0 Å². The fraction of sp³-hybridized carbons (Fsp3) is 0.304. The number of halogens is 3. The number of amides is 1. The Hall–Kier alpha value is -4.09. The quantitative estimate of drug-likeness (QED) is 0.542. The first-order chi connectivity index (χ1) is 16.8. The van der Waals surface area contributed by atoms with Gasteiger partial charge in [-0.1, -0.05) is 6.07 Å². The average molecular weight is 490 g/mol. The Bertz CT molecular complexity index is 1280. The normalized spacial score (nSPS) is 18.4. The van der Waals surface area contributed by atoms with Crippen molar-refractivity contribution in [2.75, 3.05) is 31.6 Å². The third-order valence-electron chi connectivity index (χ3n) is 5.86. The highest BCUT2D eigenvalue weighted by molar-refractivity contribution is 6.03. The zero-order valence-electron chi connectivity index (χ0n) is 18.7. The van der Waals surface area contributed by atoms with E-state index in [0.29, 0.717) is 34.2 Å². The van der Waals surface area contributed by atoms with Gasteiger partial charge < -0.3 is 29.6 Å². The van der Waals surface area contributed by atoms with Crippen LogP contribution in [0.4, 0.5) is 24.7 Å². The Morgan fingerprint density at radius 2 is 1.86 bits per heavy atom. The molecule has 0 bridgehead atoms. The van der Waals surface area contributed by atoms with Crippen molar-refractivity contribution in [2.24, 2.45) is 0 Å². The molecule has 0 aliphatic carbocycles. The molecule has 2 aromatic carbocycles. The summed E-state index contributed by atoms with van der Waals surface area (Å²) in [5.41, 5.74) is 0.812. The number of alkyl halides is 3. The van der Waals surface area contributed by atoms with Gasteiger partial charge in [0.1, 0.15) is 5.82 Å². The van der Waals surface area contributed by atoms with E-state index >= 15 is 0 Å². The van der Waals surface area contributed by atoms with Crippen molar-refractivity contribution in [2.45, 2.75) is 24.7 Å². The van der Waals surface area contributed by atoms with Crippen molar-refractivity contribution in [3.8, 4) is 23.0 Å². The summed E-state index contributed by atoms with van der Waals surface area (Å²) in [5.74, 6) is 1.28. The van der Waals surface area contributed by atoms with Gasteiger partial charge in [-0.2, -0.15) is 18.3 Å². The van der Waals surface area contributed by atoms with E-state index in [4.69, 9.17) is 18.9 Å². The van der Waals surface area contributed by atoms with Gasteiger partial charge in [0.2, 0.25) is 6.79 Å². The molecule has 0 radical (unpaired) electrons. The van der Waals surface area contributed by atoms with Gasteiger partial charge in [0, 0.05) is 24.2 Å². The molecule has 2 aliphatic heterocycles. The van der Waals surface area contributed by atoms with Crippen molar-refractivity contribution < 1.29 is 36.9 Å². The largest absolute Gasteiger partial charge is 0.493 e. The number of rotatable bonds is 5. The number of fused-ring (bicyclic) bond motifs is 2. The van der Waals surface area contributed by atoms with Crippen LogP contribution in [-0.4, -0.2) is 42.9 Å². The molecule has 2 N–H and O–H groups in total. The molecule has 5 rings (SSSR count). The molecule has 9 nitrogen and oxygen atoms in total. The van der Waals surface area contributed by atoms with Crippen molar-refractivity contribution in [3.63, 3.8) is 0 Å². The predicted molar refractivity (Wildman–Crippen MR) is 118 cm³/mol. The molecule has 35 heavy (non-hydrogen) atoms. The summed E-state index contributed by atoms with van der Waals surface area (Å²) in [6.45, 7) is 0.0629. The maximum absolute atomic E-state index is 14.0. The maximum atomic E-state index is 14.0. The second kappa shape index (κ2) is 8.60. The van der Waals surface area contributed by atoms with E-state index in [2.05, 4.69) is 15.7 Å². The van der Waals surface area contributed by atoms with Crippen molar-refractivity contribution in [3.05, 3.63) is 53.7 Å². The van der Waals surface area contributed by atoms with Crippen LogP contribution < -0.4 is 29.6 Å². The highest BCUT2D eigenvalue weighted by atomic mass is 19.4. The van der Waals surface area contributed by atoms with Crippen molar-refractivity contribution >= 4 is 17.4 Å². The van der Waals surface area contributed by atoms with Gasteiger partial charge in [-0.05, 0) is 29.8 Å². The molecule has 3 heterocycles. The summed E-state index contributed by atoms with van der Waals surface area (Å²) < 4.78 is 63.8. The number of benzene rings is 2. The molecule has 12 heteroatoms. The Morgan fingerprint density at radius 3 is 2.60 bits per heavy atom. The monoisotopic (exact) mass is 490 g/mol. The number of carbonyl (C=O) groups excluding carboxylic acids is 1. The minimum atomic E-state index is -4.57.